The monoisotopic (exact) mass is 460 g/mol. The second-order valence-electron chi connectivity index (χ2n) is 7.42. The van der Waals surface area contributed by atoms with Crippen LogP contribution in [-0.4, -0.2) is 45.5 Å². The predicted octanol–water partition coefficient (Wildman–Crippen LogP) is 4.94. The molecular weight excluding hydrogens is 436 g/mol. The van der Waals surface area contributed by atoms with Crippen molar-refractivity contribution in [2.75, 3.05) is 20.0 Å². The minimum absolute atomic E-state index is 0.0749. The molecule has 0 saturated carbocycles. The van der Waals surface area contributed by atoms with Gasteiger partial charge in [-0.25, -0.2) is 0 Å². The molecule has 0 aliphatic rings. The number of ketones is 1. The van der Waals surface area contributed by atoms with Crippen molar-refractivity contribution >= 4 is 17.5 Å². The van der Waals surface area contributed by atoms with Gasteiger partial charge in [-0.1, -0.05) is 35.5 Å². The molecule has 2 heterocycles. The number of thioether (sulfide) groups is 1. The van der Waals surface area contributed by atoms with Crippen LogP contribution in [0.4, 0.5) is 0 Å². The lowest BCUT2D eigenvalue weighted by Crippen LogP contribution is -2.07. The van der Waals surface area contributed by atoms with E-state index in [1.54, 1.807) is 31.5 Å². The number of rotatable bonds is 8. The maximum absolute atomic E-state index is 13.0. The van der Waals surface area contributed by atoms with Crippen molar-refractivity contribution in [2.45, 2.75) is 19.0 Å². The van der Waals surface area contributed by atoms with E-state index in [1.165, 1.54) is 24.4 Å². The summed E-state index contributed by atoms with van der Waals surface area (Å²) in [7, 11) is 3.11. The molecule has 0 unspecified atom stereocenters. The summed E-state index contributed by atoms with van der Waals surface area (Å²) >= 11 is 1.33. The summed E-state index contributed by atoms with van der Waals surface area (Å²) < 4.78 is 12.6. The number of methoxy groups -OCH3 is 2. The van der Waals surface area contributed by atoms with Crippen LogP contribution in [0, 0.1) is 13.8 Å². The second-order valence-corrected chi connectivity index (χ2v) is 8.37. The van der Waals surface area contributed by atoms with Crippen LogP contribution in [0.5, 0.6) is 11.5 Å². The zero-order chi connectivity index (χ0) is 23.4. The summed E-state index contributed by atoms with van der Waals surface area (Å²) in [6.07, 6.45) is 1.72. The first kappa shape index (κ1) is 22.5. The van der Waals surface area contributed by atoms with E-state index in [9.17, 15) is 4.79 Å². The van der Waals surface area contributed by atoms with Gasteiger partial charge in [0.2, 0.25) is 0 Å². The molecule has 168 valence electrons. The Kier molecular flexibility index (Phi) is 6.74. The van der Waals surface area contributed by atoms with Gasteiger partial charge in [0.1, 0.15) is 17.2 Å². The summed E-state index contributed by atoms with van der Waals surface area (Å²) in [5, 5.41) is 9.43. The summed E-state index contributed by atoms with van der Waals surface area (Å²) in [4.78, 5) is 17.5. The van der Waals surface area contributed by atoms with Crippen LogP contribution < -0.4 is 9.47 Å². The zero-order valence-electron chi connectivity index (χ0n) is 18.9. The van der Waals surface area contributed by atoms with E-state index in [-0.39, 0.29) is 11.5 Å². The SMILES string of the molecule is COc1ccc(C(=O)CSc2nnc(-c3ccccn3)n2-c2ccc(C)cc2C)c(OC)c1. The van der Waals surface area contributed by atoms with Crippen LogP contribution in [0.1, 0.15) is 21.5 Å². The average molecular weight is 461 g/mol. The molecule has 0 atom stereocenters. The maximum Gasteiger partial charge on any atom is 0.196 e. The molecule has 0 aliphatic heterocycles. The van der Waals surface area contributed by atoms with Gasteiger partial charge in [-0.2, -0.15) is 0 Å². The number of aromatic nitrogens is 4. The van der Waals surface area contributed by atoms with Gasteiger partial charge < -0.3 is 9.47 Å². The van der Waals surface area contributed by atoms with E-state index in [0.717, 1.165) is 11.3 Å². The topological polar surface area (TPSA) is 79.1 Å². The first-order valence-electron chi connectivity index (χ1n) is 10.3. The molecule has 0 fully saturated rings. The Balaban J connectivity index is 1.69. The van der Waals surface area contributed by atoms with Crippen molar-refractivity contribution in [1.29, 1.82) is 0 Å². The summed E-state index contributed by atoms with van der Waals surface area (Å²) in [6, 6.07) is 17.0. The van der Waals surface area contributed by atoms with Crippen molar-refractivity contribution in [3.8, 4) is 28.7 Å². The molecule has 0 amide bonds. The number of ether oxygens (including phenoxy) is 2. The largest absolute Gasteiger partial charge is 0.497 e. The molecular formula is C25H24N4O3S. The van der Waals surface area contributed by atoms with Crippen LogP contribution in [0.25, 0.3) is 17.2 Å². The Morgan fingerprint density at radius 3 is 2.55 bits per heavy atom. The smallest absolute Gasteiger partial charge is 0.196 e. The average Bonchev–Trinajstić information content (AvgIpc) is 3.26. The van der Waals surface area contributed by atoms with E-state index in [2.05, 4.69) is 28.2 Å². The van der Waals surface area contributed by atoms with Gasteiger partial charge in [-0.05, 0) is 49.7 Å². The van der Waals surface area contributed by atoms with Crippen molar-refractivity contribution in [1.82, 2.24) is 19.7 Å². The summed E-state index contributed by atoms with van der Waals surface area (Å²) in [5.41, 5.74) is 4.40. The number of aryl methyl sites for hydroxylation is 2. The zero-order valence-corrected chi connectivity index (χ0v) is 19.7. The molecule has 2 aromatic heterocycles. The van der Waals surface area contributed by atoms with Gasteiger partial charge in [0, 0.05) is 12.3 Å². The Morgan fingerprint density at radius 1 is 1.00 bits per heavy atom. The van der Waals surface area contributed by atoms with Crippen LogP contribution in [0.2, 0.25) is 0 Å². The molecule has 0 radical (unpaired) electrons. The molecule has 0 saturated heterocycles. The van der Waals surface area contributed by atoms with Crippen LogP contribution >= 0.6 is 11.8 Å². The lowest BCUT2D eigenvalue weighted by Gasteiger charge is -2.13. The first-order chi connectivity index (χ1) is 16.0. The normalized spacial score (nSPS) is 10.8. The van der Waals surface area contributed by atoms with Gasteiger partial charge in [0.25, 0.3) is 0 Å². The molecule has 2 aromatic carbocycles. The van der Waals surface area contributed by atoms with Gasteiger partial charge in [0.05, 0.1) is 31.2 Å². The molecule has 4 aromatic rings. The van der Waals surface area contributed by atoms with Crippen LogP contribution in [-0.2, 0) is 0 Å². The van der Waals surface area contributed by atoms with Crippen molar-refractivity contribution in [3.05, 3.63) is 77.5 Å². The molecule has 0 aliphatic carbocycles. The van der Waals surface area contributed by atoms with E-state index in [1.807, 2.05) is 41.8 Å². The molecule has 7 nitrogen and oxygen atoms in total. The highest BCUT2D eigenvalue weighted by molar-refractivity contribution is 7.99. The fourth-order valence-electron chi connectivity index (χ4n) is 3.53. The van der Waals surface area contributed by atoms with Crippen molar-refractivity contribution < 1.29 is 14.3 Å². The quantitative estimate of drug-likeness (QED) is 0.272. The molecule has 33 heavy (non-hydrogen) atoms. The number of benzene rings is 2. The number of Topliss-reactive ketones (excluding diaryl/α,β-unsaturated/α-hetero) is 1. The number of nitrogens with zero attached hydrogens (tertiary/aromatic N) is 4. The van der Waals surface area contributed by atoms with Gasteiger partial charge in [0.15, 0.2) is 16.8 Å². The first-order valence-corrected chi connectivity index (χ1v) is 11.3. The number of pyridine rings is 1. The minimum Gasteiger partial charge on any atom is -0.497 e. The molecule has 0 spiro atoms. The minimum atomic E-state index is -0.0749. The molecule has 0 N–H and O–H groups in total. The third-order valence-electron chi connectivity index (χ3n) is 5.16. The highest BCUT2D eigenvalue weighted by Crippen LogP contribution is 2.31. The van der Waals surface area contributed by atoms with Crippen LogP contribution in [0.3, 0.4) is 0 Å². The maximum atomic E-state index is 13.0. The van der Waals surface area contributed by atoms with Gasteiger partial charge in [-0.15, -0.1) is 10.2 Å². The fourth-order valence-corrected chi connectivity index (χ4v) is 4.36. The lowest BCUT2D eigenvalue weighted by atomic mass is 10.1. The van der Waals surface area contributed by atoms with Gasteiger partial charge >= 0.3 is 0 Å². The standard InChI is InChI=1S/C25H24N4O3S/c1-16-8-11-21(17(2)13-16)29-24(20-7-5-6-12-26-20)27-28-25(29)33-15-22(30)19-10-9-18(31-3)14-23(19)32-4/h5-14H,15H2,1-4H3. The second kappa shape index (κ2) is 9.87. The van der Waals surface area contributed by atoms with Crippen molar-refractivity contribution in [3.63, 3.8) is 0 Å². The highest BCUT2D eigenvalue weighted by atomic mass is 32.2. The Hall–Kier alpha value is -3.65. The van der Waals surface area contributed by atoms with E-state index in [0.29, 0.717) is 33.7 Å². The van der Waals surface area contributed by atoms with E-state index >= 15 is 0 Å². The van der Waals surface area contributed by atoms with E-state index < -0.39 is 0 Å². The van der Waals surface area contributed by atoms with Crippen LogP contribution in [0.15, 0.2) is 66.0 Å². The molecule has 0 bridgehead atoms. The lowest BCUT2D eigenvalue weighted by molar-refractivity contribution is 0.101. The fraction of sp³-hybridized carbons (Fsp3) is 0.200. The number of carbonyl (C=O) groups is 1. The van der Waals surface area contributed by atoms with Crippen molar-refractivity contribution in [2.24, 2.45) is 0 Å². The Bertz CT molecular complexity index is 1290. The number of hydrogen-bond acceptors (Lipinski definition) is 7. The Morgan fingerprint density at radius 2 is 1.85 bits per heavy atom. The third-order valence-corrected chi connectivity index (χ3v) is 6.09. The summed E-state index contributed by atoms with van der Waals surface area (Å²) in [5.74, 6) is 1.83. The summed E-state index contributed by atoms with van der Waals surface area (Å²) in [6.45, 7) is 4.10. The molecule has 8 heteroatoms. The highest BCUT2D eigenvalue weighted by Gasteiger charge is 2.21. The van der Waals surface area contributed by atoms with E-state index in [4.69, 9.17) is 9.47 Å². The number of hydrogen-bond donors (Lipinski definition) is 0. The Labute approximate surface area is 196 Å². The molecule has 4 rings (SSSR count). The third kappa shape index (κ3) is 4.75. The predicted molar refractivity (Wildman–Crippen MR) is 129 cm³/mol. The number of carbonyl (C=O) groups excluding carboxylic acids is 1. The van der Waals surface area contributed by atoms with Gasteiger partial charge in [-0.3, -0.25) is 14.3 Å².